The van der Waals surface area contributed by atoms with Gasteiger partial charge in [0.1, 0.15) is 5.00 Å². The van der Waals surface area contributed by atoms with Gasteiger partial charge < -0.3 is 10.4 Å². The van der Waals surface area contributed by atoms with Crippen molar-refractivity contribution in [2.24, 2.45) is 0 Å². The maximum absolute atomic E-state index is 10.9. The van der Waals surface area contributed by atoms with Gasteiger partial charge in [0.15, 0.2) is 5.69 Å². The molecule has 0 fully saturated rings. The molecule has 0 aliphatic rings. The molecule has 0 saturated heterocycles. The van der Waals surface area contributed by atoms with Crippen molar-refractivity contribution in [1.82, 2.24) is 4.98 Å². The molecule has 0 amide bonds. The number of aromatic nitrogens is 1. The van der Waals surface area contributed by atoms with E-state index in [0.717, 1.165) is 16.8 Å². The molecule has 4 nitrogen and oxygen atoms in total. The Morgan fingerprint density at radius 2 is 2.00 bits per heavy atom. The van der Waals surface area contributed by atoms with Crippen molar-refractivity contribution < 1.29 is 9.90 Å². The molecule has 0 atom stereocenters. The quantitative estimate of drug-likeness (QED) is 0.875. The summed E-state index contributed by atoms with van der Waals surface area (Å²) in [6.45, 7) is 3.97. The fourth-order valence-electron chi connectivity index (χ4n) is 1.61. The van der Waals surface area contributed by atoms with Gasteiger partial charge in [-0.25, -0.2) is 9.78 Å². The van der Waals surface area contributed by atoms with Crippen molar-refractivity contribution in [1.29, 1.82) is 0 Å². The van der Waals surface area contributed by atoms with Gasteiger partial charge in [0, 0.05) is 5.69 Å². The molecule has 5 heteroatoms. The minimum Gasteiger partial charge on any atom is -0.476 e. The molecule has 2 N–H and O–H groups in total. The lowest BCUT2D eigenvalue weighted by Crippen LogP contribution is -2.02. The molecular weight excluding hydrogens is 236 g/mol. The number of carboxylic acids is 1. The smallest absolute Gasteiger partial charge is 0.357 e. The third kappa shape index (κ3) is 2.29. The number of para-hydroxylation sites is 1. The molecule has 0 saturated carbocycles. The van der Waals surface area contributed by atoms with Gasteiger partial charge in [-0.3, -0.25) is 0 Å². The number of aryl methyl sites for hydroxylation is 2. The lowest BCUT2D eigenvalue weighted by molar-refractivity contribution is 0.0692. The number of carbonyl (C=O) groups is 1. The summed E-state index contributed by atoms with van der Waals surface area (Å²) in [6.07, 6.45) is 0. The zero-order valence-corrected chi connectivity index (χ0v) is 10.3. The first-order valence-corrected chi connectivity index (χ1v) is 5.97. The summed E-state index contributed by atoms with van der Waals surface area (Å²) in [6, 6.07) is 5.94. The Kier molecular flexibility index (Phi) is 3.10. The Labute approximate surface area is 103 Å². The molecule has 2 rings (SSSR count). The number of hydrogen-bond acceptors (Lipinski definition) is 4. The molecule has 0 aliphatic heterocycles. The summed E-state index contributed by atoms with van der Waals surface area (Å²) < 4.78 is 0. The average molecular weight is 248 g/mol. The number of carboxylic acid groups (broad SMARTS) is 1. The van der Waals surface area contributed by atoms with E-state index in [2.05, 4.69) is 10.3 Å². The van der Waals surface area contributed by atoms with Crippen LogP contribution in [-0.4, -0.2) is 16.1 Å². The highest BCUT2D eigenvalue weighted by atomic mass is 32.1. The van der Waals surface area contributed by atoms with E-state index in [1.807, 2.05) is 32.0 Å². The van der Waals surface area contributed by atoms with Crippen LogP contribution in [0, 0.1) is 13.8 Å². The second kappa shape index (κ2) is 4.55. The Morgan fingerprint density at radius 3 is 2.59 bits per heavy atom. The topological polar surface area (TPSA) is 62.2 Å². The van der Waals surface area contributed by atoms with E-state index in [9.17, 15) is 4.79 Å². The van der Waals surface area contributed by atoms with Crippen LogP contribution < -0.4 is 5.32 Å². The zero-order chi connectivity index (χ0) is 12.4. The van der Waals surface area contributed by atoms with Crippen LogP contribution in [0.4, 0.5) is 10.7 Å². The predicted octanol–water partition coefficient (Wildman–Crippen LogP) is 3.20. The van der Waals surface area contributed by atoms with Gasteiger partial charge in [-0.05, 0) is 25.0 Å². The van der Waals surface area contributed by atoms with Gasteiger partial charge in [-0.15, -0.1) is 11.3 Å². The highest BCUT2D eigenvalue weighted by Gasteiger charge is 2.14. The highest BCUT2D eigenvalue weighted by molar-refractivity contribution is 7.14. The predicted molar refractivity (Wildman–Crippen MR) is 68.3 cm³/mol. The maximum atomic E-state index is 10.9. The zero-order valence-electron chi connectivity index (χ0n) is 9.52. The normalized spacial score (nSPS) is 10.2. The Hall–Kier alpha value is -1.88. The number of nitrogens with one attached hydrogen (secondary N) is 1. The van der Waals surface area contributed by atoms with E-state index in [-0.39, 0.29) is 5.69 Å². The SMILES string of the molecule is Cc1cccc(C)c1Nc1scnc1C(=O)O. The van der Waals surface area contributed by atoms with Crippen molar-refractivity contribution >= 4 is 28.0 Å². The van der Waals surface area contributed by atoms with E-state index in [1.54, 1.807) is 0 Å². The molecule has 2 aromatic rings. The first-order valence-electron chi connectivity index (χ1n) is 5.09. The Morgan fingerprint density at radius 1 is 1.35 bits per heavy atom. The van der Waals surface area contributed by atoms with E-state index in [0.29, 0.717) is 5.00 Å². The largest absolute Gasteiger partial charge is 0.476 e. The second-order valence-corrected chi connectivity index (χ2v) is 4.58. The lowest BCUT2D eigenvalue weighted by atomic mass is 10.1. The first kappa shape index (κ1) is 11.6. The summed E-state index contributed by atoms with van der Waals surface area (Å²) >= 11 is 1.29. The third-order valence-corrected chi connectivity index (χ3v) is 3.23. The third-order valence-electron chi connectivity index (χ3n) is 2.49. The van der Waals surface area contributed by atoms with Crippen LogP contribution in [0.2, 0.25) is 0 Å². The number of nitrogens with zero attached hydrogens (tertiary/aromatic N) is 1. The number of aromatic carboxylic acids is 1. The molecule has 0 radical (unpaired) electrons. The first-order chi connectivity index (χ1) is 8.09. The van der Waals surface area contributed by atoms with Gasteiger partial charge in [0.05, 0.1) is 5.51 Å². The molecule has 88 valence electrons. The second-order valence-electron chi connectivity index (χ2n) is 3.73. The van der Waals surface area contributed by atoms with Crippen LogP contribution in [0.5, 0.6) is 0 Å². The van der Waals surface area contributed by atoms with E-state index in [4.69, 9.17) is 5.11 Å². The number of rotatable bonds is 3. The molecule has 17 heavy (non-hydrogen) atoms. The standard InChI is InChI=1S/C12H12N2O2S/c1-7-4-3-5-8(2)9(7)14-11-10(12(15)16)13-6-17-11/h3-6,14H,1-2H3,(H,15,16). The van der Waals surface area contributed by atoms with Crippen LogP contribution in [0.3, 0.4) is 0 Å². The van der Waals surface area contributed by atoms with E-state index >= 15 is 0 Å². The van der Waals surface area contributed by atoms with Crippen molar-refractivity contribution in [2.75, 3.05) is 5.32 Å². The van der Waals surface area contributed by atoms with Crippen molar-refractivity contribution in [2.45, 2.75) is 13.8 Å². The van der Waals surface area contributed by atoms with Crippen molar-refractivity contribution in [3.63, 3.8) is 0 Å². The minimum atomic E-state index is -1.01. The molecule has 1 heterocycles. The summed E-state index contributed by atoms with van der Waals surface area (Å²) in [5.41, 5.74) is 4.70. The molecular formula is C12H12N2O2S. The Balaban J connectivity index is 2.38. The number of hydrogen-bond donors (Lipinski definition) is 2. The van der Waals surface area contributed by atoms with Gasteiger partial charge in [0.2, 0.25) is 0 Å². The minimum absolute atomic E-state index is 0.0673. The maximum Gasteiger partial charge on any atom is 0.357 e. The fourth-order valence-corrected chi connectivity index (χ4v) is 2.29. The number of anilines is 2. The van der Waals surface area contributed by atoms with Crippen LogP contribution >= 0.6 is 11.3 Å². The van der Waals surface area contributed by atoms with Crippen LogP contribution in [0.25, 0.3) is 0 Å². The monoisotopic (exact) mass is 248 g/mol. The van der Waals surface area contributed by atoms with Gasteiger partial charge in [-0.1, -0.05) is 18.2 Å². The number of benzene rings is 1. The molecule has 1 aromatic carbocycles. The summed E-state index contributed by atoms with van der Waals surface area (Å²) in [5.74, 6) is -1.01. The molecule has 1 aromatic heterocycles. The summed E-state index contributed by atoms with van der Waals surface area (Å²) in [4.78, 5) is 14.8. The fraction of sp³-hybridized carbons (Fsp3) is 0.167. The van der Waals surface area contributed by atoms with Gasteiger partial charge in [-0.2, -0.15) is 0 Å². The van der Waals surface area contributed by atoms with Crippen LogP contribution in [0.15, 0.2) is 23.7 Å². The van der Waals surface area contributed by atoms with Crippen LogP contribution in [-0.2, 0) is 0 Å². The van der Waals surface area contributed by atoms with Crippen molar-refractivity contribution in [3.8, 4) is 0 Å². The molecule has 0 unspecified atom stereocenters. The highest BCUT2D eigenvalue weighted by Crippen LogP contribution is 2.28. The van der Waals surface area contributed by atoms with E-state index < -0.39 is 5.97 Å². The van der Waals surface area contributed by atoms with E-state index in [1.165, 1.54) is 16.8 Å². The number of thiazole rings is 1. The van der Waals surface area contributed by atoms with Gasteiger partial charge in [0.25, 0.3) is 0 Å². The molecule has 0 aliphatic carbocycles. The lowest BCUT2D eigenvalue weighted by Gasteiger charge is -2.11. The Bertz CT molecular complexity index is 543. The summed E-state index contributed by atoms with van der Waals surface area (Å²) in [5, 5.41) is 12.7. The molecule has 0 bridgehead atoms. The van der Waals surface area contributed by atoms with Crippen molar-refractivity contribution in [3.05, 3.63) is 40.5 Å². The molecule has 0 spiro atoms. The van der Waals surface area contributed by atoms with Crippen LogP contribution in [0.1, 0.15) is 21.6 Å². The average Bonchev–Trinajstić information content (AvgIpc) is 2.72. The van der Waals surface area contributed by atoms with Gasteiger partial charge >= 0.3 is 5.97 Å². The summed E-state index contributed by atoms with van der Waals surface area (Å²) in [7, 11) is 0.